The molecular formula is C18H22O3. The van der Waals surface area contributed by atoms with Gasteiger partial charge in [-0.15, -0.1) is 0 Å². The lowest BCUT2D eigenvalue weighted by Crippen LogP contribution is -2.12. The molecule has 1 saturated carbocycles. The topological polar surface area (TPSA) is 35.5 Å². The first-order valence-corrected chi connectivity index (χ1v) is 7.10. The maximum absolute atomic E-state index is 11.3. The number of carbonyl (C=O) groups is 1. The fraction of sp³-hybridized carbons (Fsp3) is 0.389. The van der Waals surface area contributed by atoms with Crippen molar-refractivity contribution in [1.29, 1.82) is 0 Å². The highest BCUT2D eigenvalue weighted by atomic mass is 16.5. The summed E-state index contributed by atoms with van der Waals surface area (Å²) in [5.74, 6) is 0.812. The normalized spacial score (nSPS) is 24.9. The quantitative estimate of drug-likeness (QED) is 0.592. The first kappa shape index (κ1) is 15.5. The van der Waals surface area contributed by atoms with E-state index in [1.165, 1.54) is 0 Å². The van der Waals surface area contributed by atoms with E-state index in [4.69, 9.17) is 9.47 Å². The van der Waals surface area contributed by atoms with Crippen LogP contribution in [0.15, 0.2) is 48.6 Å². The molecule has 0 aliphatic heterocycles. The van der Waals surface area contributed by atoms with Gasteiger partial charge in [0.1, 0.15) is 12.0 Å². The summed E-state index contributed by atoms with van der Waals surface area (Å²) in [6.45, 7) is 10.5. The number of aldehydes is 1. The summed E-state index contributed by atoms with van der Waals surface area (Å²) >= 11 is 0. The lowest BCUT2D eigenvalue weighted by Gasteiger charge is -2.14. The summed E-state index contributed by atoms with van der Waals surface area (Å²) in [6.07, 6.45) is 1.68. The van der Waals surface area contributed by atoms with Crippen LogP contribution in [0.2, 0.25) is 0 Å². The molecule has 3 atom stereocenters. The van der Waals surface area contributed by atoms with Crippen LogP contribution in [-0.4, -0.2) is 19.5 Å². The van der Waals surface area contributed by atoms with Crippen molar-refractivity contribution in [2.24, 2.45) is 11.8 Å². The predicted octanol–water partition coefficient (Wildman–Crippen LogP) is 3.55. The Labute approximate surface area is 126 Å². The third-order valence-electron chi connectivity index (χ3n) is 4.13. The van der Waals surface area contributed by atoms with Crippen LogP contribution in [0.4, 0.5) is 0 Å². The van der Waals surface area contributed by atoms with Crippen molar-refractivity contribution >= 4 is 6.29 Å². The Morgan fingerprint density at radius 1 is 1.38 bits per heavy atom. The van der Waals surface area contributed by atoms with Gasteiger partial charge in [-0.2, -0.15) is 0 Å². The predicted molar refractivity (Wildman–Crippen MR) is 83.2 cm³/mol. The molecule has 1 aromatic carbocycles. The van der Waals surface area contributed by atoms with Gasteiger partial charge in [-0.1, -0.05) is 30.9 Å². The van der Waals surface area contributed by atoms with Crippen LogP contribution in [0.25, 0.3) is 0 Å². The molecule has 112 valence electrons. The Balaban J connectivity index is 1.98. The molecule has 0 N–H and O–H groups in total. The minimum atomic E-state index is -0.164. The summed E-state index contributed by atoms with van der Waals surface area (Å²) < 4.78 is 11.1. The van der Waals surface area contributed by atoms with Crippen LogP contribution in [0.1, 0.15) is 18.9 Å². The van der Waals surface area contributed by atoms with Crippen molar-refractivity contribution in [1.82, 2.24) is 0 Å². The molecule has 21 heavy (non-hydrogen) atoms. The van der Waals surface area contributed by atoms with E-state index < -0.39 is 0 Å². The van der Waals surface area contributed by atoms with Crippen molar-refractivity contribution in [3.05, 3.63) is 54.1 Å². The first-order chi connectivity index (χ1) is 10.1. The summed E-state index contributed by atoms with van der Waals surface area (Å²) in [5.41, 5.74) is 2.96. The fourth-order valence-corrected chi connectivity index (χ4v) is 2.79. The zero-order valence-corrected chi connectivity index (χ0v) is 12.7. The Morgan fingerprint density at radius 3 is 2.52 bits per heavy atom. The van der Waals surface area contributed by atoms with Gasteiger partial charge in [0.25, 0.3) is 0 Å². The SMILES string of the molecule is C=C1[C@@H](OCc2ccc(OC)cc2)C[C@@H](C(=C)C)[C@H]1C=O. The zero-order chi connectivity index (χ0) is 15.4. The minimum Gasteiger partial charge on any atom is -0.497 e. The van der Waals surface area contributed by atoms with Crippen molar-refractivity contribution < 1.29 is 14.3 Å². The Bertz CT molecular complexity index is 530. The van der Waals surface area contributed by atoms with E-state index in [9.17, 15) is 4.79 Å². The van der Waals surface area contributed by atoms with E-state index in [1.54, 1.807) is 7.11 Å². The van der Waals surface area contributed by atoms with Crippen LogP contribution in [0, 0.1) is 11.8 Å². The number of hydrogen-bond acceptors (Lipinski definition) is 3. The van der Waals surface area contributed by atoms with E-state index in [2.05, 4.69) is 13.2 Å². The molecule has 0 amide bonds. The molecular weight excluding hydrogens is 264 g/mol. The van der Waals surface area contributed by atoms with Gasteiger partial charge in [0.2, 0.25) is 0 Å². The lowest BCUT2D eigenvalue weighted by molar-refractivity contribution is -0.110. The molecule has 0 radical (unpaired) electrons. The maximum Gasteiger partial charge on any atom is 0.127 e. The summed E-state index contributed by atoms with van der Waals surface area (Å²) in [7, 11) is 1.64. The molecule has 3 heteroatoms. The van der Waals surface area contributed by atoms with Crippen LogP contribution in [-0.2, 0) is 16.1 Å². The molecule has 0 unspecified atom stereocenters. The van der Waals surface area contributed by atoms with Gasteiger partial charge in [0.15, 0.2) is 0 Å². The fourth-order valence-electron chi connectivity index (χ4n) is 2.79. The smallest absolute Gasteiger partial charge is 0.127 e. The summed E-state index contributed by atoms with van der Waals surface area (Å²) in [4.78, 5) is 11.3. The molecule has 0 aromatic heterocycles. The maximum atomic E-state index is 11.3. The number of hydrogen-bond donors (Lipinski definition) is 0. The Hall–Kier alpha value is -1.87. The van der Waals surface area contributed by atoms with E-state index in [-0.39, 0.29) is 17.9 Å². The largest absolute Gasteiger partial charge is 0.497 e. The van der Waals surface area contributed by atoms with E-state index >= 15 is 0 Å². The van der Waals surface area contributed by atoms with Gasteiger partial charge >= 0.3 is 0 Å². The zero-order valence-electron chi connectivity index (χ0n) is 12.7. The molecule has 1 aliphatic rings. The number of methoxy groups -OCH3 is 1. The number of allylic oxidation sites excluding steroid dienone is 1. The Morgan fingerprint density at radius 2 is 2.05 bits per heavy atom. The number of carbonyl (C=O) groups excluding carboxylic acids is 1. The van der Waals surface area contributed by atoms with Crippen LogP contribution in [0.5, 0.6) is 5.75 Å². The lowest BCUT2D eigenvalue weighted by atomic mass is 9.90. The van der Waals surface area contributed by atoms with E-state index in [0.717, 1.165) is 35.2 Å². The first-order valence-electron chi connectivity index (χ1n) is 7.10. The molecule has 0 saturated heterocycles. The third kappa shape index (κ3) is 3.42. The Kier molecular flexibility index (Phi) is 4.97. The van der Waals surface area contributed by atoms with Crippen molar-refractivity contribution in [2.45, 2.75) is 26.1 Å². The number of benzene rings is 1. The molecule has 1 aromatic rings. The van der Waals surface area contributed by atoms with Crippen molar-refractivity contribution in [2.75, 3.05) is 7.11 Å². The average Bonchev–Trinajstić information content (AvgIpc) is 2.82. The van der Waals surface area contributed by atoms with Gasteiger partial charge < -0.3 is 14.3 Å². The monoisotopic (exact) mass is 286 g/mol. The van der Waals surface area contributed by atoms with Gasteiger partial charge in [0.05, 0.1) is 19.8 Å². The van der Waals surface area contributed by atoms with Crippen molar-refractivity contribution in [3.63, 3.8) is 0 Å². The summed E-state index contributed by atoms with van der Waals surface area (Å²) in [6, 6.07) is 7.77. The van der Waals surface area contributed by atoms with Crippen LogP contribution < -0.4 is 4.74 Å². The van der Waals surface area contributed by atoms with E-state index in [1.807, 2.05) is 31.2 Å². The number of rotatable bonds is 6. The molecule has 2 rings (SSSR count). The average molecular weight is 286 g/mol. The van der Waals surface area contributed by atoms with Gasteiger partial charge in [-0.3, -0.25) is 0 Å². The summed E-state index contributed by atoms with van der Waals surface area (Å²) in [5, 5.41) is 0. The van der Waals surface area contributed by atoms with Crippen molar-refractivity contribution in [3.8, 4) is 5.75 Å². The van der Waals surface area contributed by atoms with Gasteiger partial charge in [-0.25, -0.2) is 0 Å². The highest BCUT2D eigenvalue weighted by Crippen LogP contribution is 2.40. The molecule has 0 bridgehead atoms. The molecule has 1 aliphatic carbocycles. The minimum absolute atomic E-state index is 0.0796. The molecule has 3 nitrogen and oxygen atoms in total. The highest BCUT2D eigenvalue weighted by Gasteiger charge is 2.38. The molecule has 1 fully saturated rings. The molecule has 0 spiro atoms. The van der Waals surface area contributed by atoms with E-state index in [0.29, 0.717) is 6.61 Å². The second-order valence-corrected chi connectivity index (χ2v) is 5.57. The second-order valence-electron chi connectivity index (χ2n) is 5.57. The number of ether oxygens (including phenoxy) is 2. The van der Waals surface area contributed by atoms with Gasteiger partial charge in [0, 0.05) is 5.92 Å². The third-order valence-corrected chi connectivity index (χ3v) is 4.13. The van der Waals surface area contributed by atoms with Crippen LogP contribution >= 0.6 is 0 Å². The second kappa shape index (κ2) is 6.72. The molecule has 0 heterocycles. The van der Waals surface area contributed by atoms with Gasteiger partial charge in [-0.05, 0) is 42.5 Å². The van der Waals surface area contributed by atoms with Crippen LogP contribution in [0.3, 0.4) is 0 Å². The highest BCUT2D eigenvalue weighted by molar-refractivity contribution is 5.62. The standard InChI is InChI=1S/C18H22O3/c1-12(2)16-9-18(13(3)17(16)10-19)21-11-14-5-7-15(20-4)8-6-14/h5-8,10,16-18H,1,3,9,11H2,2,4H3/t16-,17-,18-/m0/s1.